The fourth-order valence-corrected chi connectivity index (χ4v) is 16.5. The summed E-state index contributed by atoms with van der Waals surface area (Å²) < 4.78 is 40.7. The first-order valence-electron chi connectivity index (χ1n) is 49.6. The first-order valence-corrected chi connectivity index (χ1v) is 50.9. The molecule has 18 rings (SSSR count). The van der Waals surface area contributed by atoms with E-state index in [9.17, 15) is 0 Å². The highest BCUT2D eigenvalue weighted by Gasteiger charge is 2.26. The van der Waals surface area contributed by atoms with Crippen molar-refractivity contribution in [2.45, 2.75) is 287 Å². The van der Waals surface area contributed by atoms with E-state index in [1.165, 1.54) is 22.3 Å². The van der Waals surface area contributed by atoms with Crippen LogP contribution in [0.15, 0.2) is 212 Å². The summed E-state index contributed by atoms with van der Waals surface area (Å²) in [6, 6.07) is 59.6. The third kappa shape index (κ3) is 30.0. The molecule has 0 unspecified atom stereocenters. The molecular formula is C119H141ClN18O6S. The number of ether oxygens (including phenoxy) is 6. The second kappa shape index (κ2) is 45.4. The molecule has 0 saturated heterocycles. The Morgan fingerprint density at radius 2 is 0.786 bits per heavy atom. The van der Waals surface area contributed by atoms with Crippen molar-refractivity contribution in [1.29, 1.82) is 0 Å². The minimum Gasteiger partial charge on any atom is -0.490 e. The van der Waals surface area contributed by atoms with Gasteiger partial charge in [0.1, 0.15) is 102 Å². The SMILES string of the molecule is Cc1ccc2c(OC(C)(C)C)cc(-c3ccn(C(C)C)n3)nc2c1.Cc1ccc2c(OC(C)(C)C)cc(-c3cncc(C)n3)nc2c1.Cc1ccc2c(OC(C)(C)C)cc(-c3nc(C(C)C)cs3)nc2c1.Cc1ccc2c(OC(C)(C)C)cc(-c3nccc(C)n3)nc2c1.Cc1ccc2c(OC(C)(C)C)cc(-n3ccc(NC(C)C)n3)nc2c1.Cc1ccc2c(OC(C)C)cc(-c3cccc(NC(C)C)n3)nc2c1Cl. The van der Waals surface area contributed by atoms with E-state index < -0.39 is 0 Å². The van der Waals surface area contributed by atoms with Crippen LogP contribution in [-0.4, -0.2) is 126 Å². The van der Waals surface area contributed by atoms with Gasteiger partial charge in [0, 0.05) is 129 Å². The van der Waals surface area contributed by atoms with E-state index >= 15 is 0 Å². The Balaban J connectivity index is 0.000000146. The number of thiazole rings is 1. The lowest BCUT2D eigenvalue weighted by atomic mass is 10.1. The van der Waals surface area contributed by atoms with Crippen LogP contribution in [0, 0.1) is 55.4 Å². The Hall–Kier alpha value is -14.2. The number of anilines is 2. The van der Waals surface area contributed by atoms with Crippen LogP contribution < -0.4 is 39.1 Å². The van der Waals surface area contributed by atoms with Crippen molar-refractivity contribution in [1.82, 2.24) is 79.4 Å². The number of fused-ring (bicyclic) bond motifs is 6. The number of aryl methyl sites for hydroxylation is 8. The maximum absolute atomic E-state index is 6.54. The van der Waals surface area contributed by atoms with Crippen molar-refractivity contribution < 1.29 is 28.4 Å². The number of nitrogens with zero attached hydrogens (tertiary/aromatic N) is 16. The van der Waals surface area contributed by atoms with E-state index in [1.807, 2.05) is 199 Å². The van der Waals surface area contributed by atoms with Crippen molar-refractivity contribution in [2.24, 2.45) is 0 Å². The highest BCUT2D eigenvalue weighted by atomic mass is 35.5. The van der Waals surface area contributed by atoms with Crippen LogP contribution in [0.3, 0.4) is 0 Å². The van der Waals surface area contributed by atoms with Gasteiger partial charge in [-0.25, -0.2) is 59.5 Å². The Labute approximate surface area is 863 Å². The highest BCUT2D eigenvalue weighted by molar-refractivity contribution is 7.13. The summed E-state index contributed by atoms with van der Waals surface area (Å²) in [5.41, 5.74) is 20.1. The van der Waals surface area contributed by atoms with Gasteiger partial charge in [0.15, 0.2) is 11.6 Å². The van der Waals surface area contributed by atoms with Crippen LogP contribution in [0.4, 0.5) is 11.6 Å². The lowest BCUT2D eigenvalue weighted by Crippen LogP contribution is -2.23. The van der Waals surface area contributed by atoms with E-state index in [2.05, 4.69) is 269 Å². The standard InChI is InChI=1S/C21H24ClN3O.C20H26N4O.C20H25N3O.C20H24N2OS.2C19H21N3O/c1-12(2)23-19-8-6-7-16(24-19)17-11-18(26-13(3)4)15-10-9-14(5)20(22)21(15)25-17;1-13(2)21-18-9-10-24(23-18)19-12-17(25-20(4,5)6)15-8-7-14(3)11-16(15)22-19;1-13(2)23-10-9-16(22-23)18-12-19(24-20(4,5)6)15-8-7-14(3)11-17(15)21-18;1-12(2)17-11-24-19(22-17)16-10-18(23-20(4,5)6)14-8-7-13(3)9-15(14)21-16;1-12-6-7-14-15(8-12)22-16(9-18(14)23-19(3,4)5)17-11-20-10-13(2)21-17;1-12-6-7-14-15(10-12)22-16(11-17(14)23-19(3,4)5)18-20-9-8-13(2)21-18/h6-13H,1-5H3,(H,23,24);7-13H,1-6H3,(H,21,23);7-13H,1-6H3;7-12H,1-6H3;2*6-11H,1-5H3. The molecule has 26 heteroatoms. The van der Waals surface area contributed by atoms with Crippen LogP contribution in [-0.2, 0) is 0 Å². The molecule has 0 fully saturated rings. The second-order valence-electron chi connectivity index (χ2n) is 43.2. The first-order chi connectivity index (χ1) is 68.1. The molecule has 12 heterocycles. The summed E-state index contributed by atoms with van der Waals surface area (Å²) in [6.45, 7) is 67.8. The molecule has 24 nitrogen and oxygen atoms in total. The zero-order valence-electron chi connectivity index (χ0n) is 90.5. The summed E-state index contributed by atoms with van der Waals surface area (Å²) >= 11 is 8.18. The molecule has 0 bridgehead atoms. The minimum absolute atomic E-state index is 0.0513. The van der Waals surface area contributed by atoms with Crippen molar-refractivity contribution in [3.8, 4) is 96.7 Å². The number of aromatic nitrogens is 16. The molecule has 0 spiro atoms. The van der Waals surface area contributed by atoms with Gasteiger partial charge in [-0.3, -0.25) is 9.67 Å². The molecule has 18 aromatic rings. The summed E-state index contributed by atoms with van der Waals surface area (Å²) in [7, 11) is 0. The highest BCUT2D eigenvalue weighted by Crippen LogP contribution is 2.42. The van der Waals surface area contributed by atoms with Crippen LogP contribution in [0.1, 0.15) is 236 Å². The van der Waals surface area contributed by atoms with Gasteiger partial charge < -0.3 is 39.1 Å². The molecule has 6 aromatic carbocycles. The third-order valence-corrected chi connectivity index (χ3v) is 23.0. The third-order valence-electron chi connectivity index (χ3n) is 21.6. The van der Waals surface area contributed by atoms with Crippen LogP contribution in [0.25, 0.3) is 128 Å². The average molecular weight is 1990 g/mol. The lowest BCUT2D eigenvalue weighted by Gasteiger charge is -2.23. The number of halogens is 1. The second-order valence-corrected chi connectivity index (χ2v) is 44.4. The van der Waals surface area contributed by atoms with Gasteiger partial charge in [-0.15, -0.1) is 16.4 Å². The van der Waals surface area contributed by atoms with E-state index in [0.29, 0.717) is 34.9 Å². The predicted octanol–water partition coefficient (Wildman–Crippen LogP) is 30.7. The fraction of sp³-hybridized carbons (Fsp3) is 0.361. The van der Waals surface area contributed by atoms with E-state index in [4.69, 9.17) is 79.9 Å². The number of nitrogens with one attached hydrogen (secondary N) is 2. The predicted molar refractivity (Wildman–Crippen MR) is 598 cm³/mol. The summed E-state index contributed by atoms with van der Waals surface area (Å²) in [6.07, 6.45) is 9.18. The molecule has 0 aliphatic rings. The molecule has 0 aliphatic heterocycles. The van der Waals surface area contributed by atoms with Gasteiger partial charge in [-0.2, -0.15) is 5.10 Å². The molecule has 145 heavy (non-hydrogen) atoms. The van der Waals surface area contributed by atoms with Crippen LogP contribution in [0.5, 0.6) is 34.5 Å². The largest absolute Gasteiger partial charge is 0.490 e. The Bertz CT molecular complexity index is 7330. The molecule has 0 aliphatic carbocycles. The molecule has 756 valence electrons. The van der Waals surface area contributed by atoms with E-state index in [1.54, 1.807) is 34.6 Å². The zero-order chi connectivity index (χ0) is 105. The zero-order valence-corrected chi connectivity index (χ0v) is 92.1. The van der Waals surface area contributed by atoms with Crippen LogP contribution in [0.2, 0.25) is 5.02 Å². The molecule has 0 atom stereocenters. The van der Waals surface area contributed by atoms with Gasteiger partial charge in [-0.05, 0) is 345 Å². The number of pyridine rings is 7. The smallest absolute Gasteiger partial charge is 0.178 e. The van der Waals surface area contributed by atoms with Crippen molar-refractivity contribution in [3.05, 3.63) is 268 Å². The molecular weight excluding hydrogens is 1840 g/mol. The Kier molecular flexibility index (Phi) is 33.9. The van der Waals surface area contributed by atoms with Gasteiger partial charge in [0.2, 0.25) is 0 Å². The van der Waals surface area contributed by atoms with Crippen molar-refractivity contribution in [2.75, 3.05) is 10.6 Å². The number of benzene rings is 6. The normalized spacial score (nSPS) is 11.8. The molecule has 12 aromatic heterocycles. The van der Waals surface area contributed by atoms with Crippen LogP contribution >= 0.6 is 22.9 Å². The Morgan fingerprint density at radius 3 is 1.23 bits per heavy atom. The maximum atomic E-state index is 6.54. The number of rotatable bonds is 19. The summed E-state index contributed by atoms with van der Waals surface area (Å²) in [4.78, 5) is 55.7. The van der Waals surface area contributed by atoms with Crippen molar-refractivity contribution in [3.63, 3.8) is 0 Å². The number of hydrogen-bond donors (Lipinski definition) is 2. The maximum Gasteiger partial charge on any atom is 0.178 e. The molecule has 0 saturated carbocycles. The first kappa shape index (κ1) is 108. The van der Waals surface area contributed by atoms with Crippen molar-refractivity contribution >= 4 is 100.0 Å². The topological polar surface area (TPSA) is 270 Å². The molecule has 0 radical (unpaired) electrons. The Morgan fingerprint density at radius 1 is 0.352 bits per heavy atom. The summed E-state index contributed by atoms with van der Waals surface area (Å²) in [5, 5.41) is 25.6. The van der Waals surface area contributed by atoms with E-state index in [-0.39, 0.29) is 34.1 Å². The monoisotopic (exact) mass is 1990 g/mol. The molecule has 0 amide bonds. The molecule has 2 N–H and O–H groups in total. The quantitative estimate of drug-likeness (QED) is 0.0761. The minimum atomic E-state index is -0.288. The fourth-order valence-electron chi connectivity index (χ4n) is 15.4. The summed E-state index contributed by atoms with van der Waals surface area (Å²) in [5.74, 6) is 8.37. The van der Waals surface area contributed by atoms with Gasteiger partial charge >= 0.3 is 0 Å². The van der Waals surface area contributed by atoms with Gasteiger partial charge in [-0.1, -0.05) is 67.9 Å². The number of hydrogen-bond acceptors (Lipinski definition) is 23. The van der Waals surface area contributed by atoms with Gasteiger partial charge in [0.25, 0.3) is 0 Å². The lowest BCUT2D eigenvalue weighted by molar-refractivity contribution is 0.132. The van der Waals surface area contributed by atoms with Gasteiger partial charge in [0.05, 0.1) is 84.6 Å². The average Bonchev–Trinajstić information content (AvgIpc) is 1.72. The van der Waals surface area contributed by atoms with E-state index in [0.717, 1.165) is 196 Å².